The molecule has 11 heavy (non-hydrogen) atoms. The average molecular weight is 253 g/mol. The number of hydrogen-bond donors (Lipinski definition) is 0. The molecule has 0 bridgehead atoms. The minimum absolute atomic E-state index is 0.0239. The van der Waals surface area contributed by atoms with Crippen molar-refractivity contribution in [2.24, 2.45) is 0 Å². The van der Waals surface area contributed by atoms with Crippen molar-refractivity contribution in [3.8, 4) is 0 Å². The zero-order valence-corrected chi connectivity index (χ0v) is 8.07. The van der Waals surface area contributed by atoms with Crippen molar-refractivity contribution >= 4 is 44.9 Å². The van der Waals surface area contributed by atoms with Gasteiger partial charge in [-0.25, -0.2) is 0 Å². The molecule has 0 saturated heterocycles. The van der Waals surface area contributed by atoms with E-state index in [4.69, 9.17) is 29.8 Å². The fourth-order valence-electron chi connectivity index (χ4n) is 0.458. The first kappa shape index (κ1) is 8.72. The summed E-state index contributed by atoms with van der Waals surface area (Å²) >= 11 is 14.0. The lowest BCUT2D eigenvalue weighted by Gasteiger charge is -1.94. The van der Waals surface area contributed by atoms with Crippen molar-refractivity contribution in [3.63, 3.8) is 0 Å². The SMILES string of the molecule is [C-]#[N+]c1nc(Cl)nc(Cl)c1Br. The fourth-order valence-corrected chi connectivity index (χ4v) is 1.10. The Kier molecular flexibility index (Phi) is 2.66. The predicted octanol–water partition coefficient (Wildman–Crippen LogP) is 3.10. The van der Waals surface area contributed by atoms with E-state index >= 15 is 0 Å². The van der Waals surface area contributed by atoms with Crippen LogP contribution < -0.4 is 0 Å². The van der Waals surface area contributed by atoms with Gasteiger partial charge < -0.3 is 4.85 Å². The van der Waals surface area contributed by atoms with E-state index in [2.05, 4.69) is 30.7 Å². The van der Waals surface area contributed by atoms with Crippen LogP contribution in [0.3, 0.4) is 0 Å². The van der Waals surface area contributed by atoms with E-state index in [0.29, 0.717) is 4.47 Å². The number of rotatable bonds is 0. The van der Waals surface area contributed by atoms with Crippen molar-refractivity contribution in [3.05, 3.63) is 26.3 Å². The van der Waals surface area contributed by atoms with Crippen LogP contribution in [-0.2, 0) is 0 Å². The molecule has 1 aromatic rings. The summed E-state index contributed by atoms with van der Waals surface area (Å²) in [4.78, 5) is 10.3. The van der Waals surface area contributed by atoms with Gasteiger partial charge in [0.05, 0.1) is 4.47 Å². The summed E-state index contributed by atoms with van der Waals surface area (Å²) in [6, 6.07) is 0. The zero-order valence-electron chi connectivity index (χ0n) is 4.98. The Balaban J connectivity index is 3.39. The highest BCUT2D eigenvalue weighted by molar-refractivity contribution is 9.10. The summed E-state index contributed by atoms with van der Waals surface area (Å²) in [7, 11) is 0. The van der Waals surface area contributed by atoms with Crippen molar-refractivity contribution in [2.75, 3.05) is 0 Å². The van der Waals surface area contributed by atoms with Crippen molar-refractivity contribution < 1.29 is 0 Å². The molecular weight excluding hydrogens is 253 g/mol. The van der Waals surface area contributed by atoms with E-state index in [0.717, 1.165) is 0 Å². The second kappa shape index (κ2) is 3.35. The van der Waals surface area contributed by atoms with Crippen LogP contribution in [-0.4, -0.2) is 9.97 Å². The highest BCUT2D eigenvalue weighted by Crippen LogP contribution is 2.30. The topological polar surface area (TPSA) is 30.1 Å². The lowest BCUT2D eigenvalue weighted by atomic mass is 10.6. The third-order valence-corrected chi connectivity index (χ3v) is 2.27. The molecule has 0 unspecified atom stereocenters. The molecule has 0 N–H and O–H groups in total. The Morgan fingerprint density at radius 1 is 1.36 bits per heavy atom. The predicted molar refractivity (Wildman–Crippen MR) is 46.0 cm³/mol. The molecule has 1 rings (SSSR count). The molecule has 6 heteroatoms. The van der Waals surface area contributed by atoms with Gasteiger partial charge in [0, 0.05) is 0 Å². The highest BCUT2D eigenvalue weighted by Gasteiger charge is 2.10. The van der Waals surface area contributed by atoms with Gasteiger partial charge in [-0.2, -0.15) is 4.98 Å². The third-order valence-electron chi connectivity index (χ3n) is 0.872. The van der Waals surface area contributed by atoms with Gasteiger partial charge >= 0.3 is 5.28 Å². The second-order valence-electron chi connectivity index (χ2n) is 1.53. The van der Waals surface area contributed by atoms with Gasteiger partial charge in [0.25, 0.3) is 5.82 Å². The van der Waals surface area contributed by atoms with Crippen LogP contribution in [0.4, 0.5) is 5.82 Å². The fraction of sp³-hybridized carbons (Fsp3) is 0. The molecule has 0 fully saturated rings. The third kappa shape index (κ3) is 1.80. The monoisotopic (exact) mass is 251 g/mol. The Morgan fingerprint density at radius 2 is 2.00 bits per heavy atom. The minimum atomic E-state index is -0.0239. The second-order valence-corrected chi connectivity index (χ2v) is 3.02. The zero-order chi connectivity index (χ0) is 8.43. The van der Waals surface area contributed by atoms with Gasteiger partial charge in [-0.05, 0) is 11.6 Å². The van der Waals surface area contributed by atoms with Gasteiger partial charge in [-0.15, -0.1) is 0 Å². The normalized spacial score (nSPS) is 9.27. The van der Waals surface area contributed by atoms with E-state index in [9.17, 15) is 0 Å². The Labute approximate surface area is 81.3 Å². The number of nitrogens with zero attached hydrogens (tertiary/aromatic N) is 3. The maximum absolute atomic E-state index is 6.67. The first-order valence-corrected chi connectivity index (χ1v) is 3.96. The standard InChI is InChI=1S/C5BrCl2N3/c1-9-4-2(6)3(7)10-5(8)11-4. The smallest absolute Gasteiger partial charge is 0.318 e. The molecule has 0 aliphatic rings. The van der Waals surface area contributed by atoms with Gasteiger partial charge in [-0.3, -0.25) is 0 Å². The molecule has 56 valence electrons. The maximum Gasteiger partial charge on any atom is 0.318 e. The van der Waals surface area contributed by atoms with Crippen molar-refractivity contribution in [1.82, 2.24) is 9.97 Å². The number of hydrogen-bond acceptors (Lipinski definition) is 2. The molecule has 0 aliphatic heterocycles. The number of halogens is 3. The molecular formula is C5BrCl2N3. The molecule has 0 saturated carbocycles. The molecule has 1 aromatic heterocycles. The Bertz CT molecular complexity index is 333. The summed E-state index contributed by atoms with van der Waals surface area (Å²) in [5.74, 6) is 0.120. The molecule has 1 heterocycles. The molecule has 0 aliphatic carbocycles. The molecule has 0 aromatic carbocycles. The largest absolute Gasteiger partial charge is 0.360 e. The quantitative estimate of drug-likeness (QED) is 0.404. The van der Waals surface area contributed by atoms with Crippen LogP contribution in [0.1, 0.15) is 0 Å². The summed E-state index contributed by atoms with van der Waals surface area (Å²) in [6.07, 6.45) is 0. The van der Waals surface area contributed by atoms with Crippen LogP contribution in [0.5, 0.6) is 0 Å². The maximum atomic E-state index is 6.67. The van der Waals surface area contributed by atoms with E-state index in [1.165, 1.54) is 0 Å². The summed E-state index contributed by atoms with van der Waals surface area (Å²) in [5, 5.41) is 0.125. The van der Waals surface area contributed by atoms with Crippen LogP contribution in [0.15, 0.2) is 4.47 Å². The highest BCUT2D eigenvalue weighted by atomic mass is 79.9. The summed E-state index contributed by atoms with van der Waals surface area (Å²) in [6.45, 7) is 6.67. The Hall–Kier alpha value is -0.370. The molecule has 0 atom stereocenters. The van der Waals surface area contributed by atoms with Crippen LogP contribution in [0.25, 0.3) is 4.85 Å². The van der Waals surface area contributed by atoms with Crippen LogP contribution in [0.2, 0.25) is 10.4 Å². The van der Waals surface area contributed by atoms with Crippen LogP contribution in [0, 0.1) is 6.57 Å². The molecule has 3 nitrogen and oxygen atoms in total. The van der Waals surface area contributed by atoms with E-state index in [1.54, 1.807) is 0 Å². The van der Waals surface area contributed by atoms with E-state index in [1.807, 2.05) is 0 Å². The Morgan fingerprint density at radius 3 is 2.55 bits per heavy atom. The minimum Gasteiger partial charge on any atom is -0.360 e. The summed E-state index contributed by atoms with van der Waals surface area (Å²) in [5.41, 5.74) is 0. The molecule has 0 radical (unpaired) electrons. The van der Waals surface area contributed by atoms with Gasteiger partial charge in [0.2, 0.25) is 0 Å². The first-order valence-electron chi connectivity index (χ1n) is 2.41. The molecule has 0 spiro atoms. The molecule has 0 amide bonds. The van der Waals surface area contributed by atoms with Gasteiger partial charge in [-0.1, -0.05) is 39.1 Å². The van der Waals surface area contributed by atoms with E-state index < -0.39 is 0 Å². The average Bonchev–Trinajstić information content (AvgIpc) is 1.96. The van der Waals surface area contributed by atoms with Gasteiger partial charge in [0.15, 0.2) is 0 Å². The van der Waals surface area contributed by atoms with Crippen molar-refractivity contribution in [1.29, 1.82) is 0 Å². The first-order chi connectivity index (χ1) is 5.15. The van der Waals surface area contributed by atoms with Crippen LogP contribution >= 0.6 is 39.1 Å². The number of aromatic nitrogens is 2. The summed E-state index contributed by atoms with van der Waals surface area (Å²) < 4.78 is 0.374. The van der Waals surface area contributed by atoms with Gasteiger partial charge in [0.1, 0.15) is 5.15 Å². The van der Waals surface area contributed by atoms with E-state index in [-0.39, 0.29) is 16.3 Å². The van der Waals surface area contributed by atoms with Crippen molar-refractivity contribution in [2.45, 2.75) is 0 Å². The lowest BCUT2D eigenvalue weighted by molar-refractivity contribution is 1.17. The lowest BCUT2D eigenvalue weighted by Crippen LogP contribution is -1.83.